The van der Waals surface area contributed by atoms with Gasteiger partial charge in [-0.3, -0.25) is 4.79 Å². The quantitative estimate of drug-likeness (QED) is 0.0380. The third-order valence-corrected chi connectivity index (χ3v) is 9.77. The SMILES string of the molecule is CCCCCCCCCCCCCCCCCCCCCCOCC(COC1OC(CO)C(O)C(O)C1O)OC(=O)CCCCCCCC. The van der Waals surface area contributed by atoms with Crippen LogP contribution in [0.2, 0.25) is 0 Å². The normalized spacial score (nSPS) is 21.6. The molecule has 1 aliphatic rings. The van der Waals surface area contributed by atoms with Crippen LogP contribution >= 0.6 is 0 Å². The summed E-state index contributed by atoms with van der Waals surface area (Å²) in [6.07, 6.45) is 25.9. The lowest BCUT2D eigenvalue weighted by atomic mass is 9.99. The molecule has 9 nitrogen and oxygen atoms in total. The monoisotopic (exact) mass is 703 g/mol. The third kappa shape index (κ3) is 24.9. The minimum Gasteiger partial charge on any atom is -0.457 e. The number of carbonyl (C=O) groups excluding carboxylic acids is 1. The second-order valence-electron chi connectivity index (χ2n) is 14.5. The molecule has 1 saturated heterocycles. The summed E-state index contributed by atoms with van der Waals surface area (Å²) >= 11 is 0. The Bertz CT molecular complexity index is 722. The van der Waals surface area contributed by atoms with Crippen LogP contribution in [0.4, 0.5) is 0 Å². The number of unbranched alkanes of at least 4 members (excludes halogenated alkanes) is 24. The average Bonchev–Trinajstić information content (AvgIpc) is 3.10. The second kappa shape index (κ2) is 33.1. The molecule has 0 bridgehead atoms. The number of hydrogen-bond donors (Lipinski definition) is 4. The maximum absolute atomic E-state index is 12.6. The molecule has 49 heavy (non-hydrogen) atoms. The number of aliphatic hydroxyl groups is 4. The molecule has 1 aliphatic heterocycles. The predicted octanol–water partition coefficient (Wildman–Crippen LogP) is 8.30. The molecule has 0 aromatic heterocycles. The fourth-order valence-corrected chi connectivity index (χ4v) is 6.49. The highest BCUT2D eigenvalue weighted by Gasteiger charge is 2.44. The molecule has 292 valence electrons. The zero-order valence-electron chi connectivity index (χ0n) is 31.7. The van der Waals surface area contributed by atoms with Gasteiger partial charge in [0.1, 0.15) is 30.5 Å². The molecule has 1 heterocycles. The van der Waals surface area contributed by atoms with Crippen molar-refractivity contribution in [2.24, 2.45) is 0 Å². The van der Waals surface area contributed by atoms with Crippen molar-refractivity contribution in [1.82, 2.24) is 0 Å². The molecule has 6 unspecified atom stereocenters. The highest BCUT2D eigenvalue weighted by atomic mass is 16.7. The Balaban J connectivity index is 2.15. The Labute approximate surface area is 300 Å². The van der Waals surface area contributed by atoms with Crippen molar-refractivity contribution >= 4 is 5.97 Å². The number of ether oxygens (including phenoxy) is 4. The van der Waals surface area contributed by atoms with E-state index in [9.17, 15) is 25.2 Å². The Morgan fingerprint density at radius 3 is 1.45 bits per heavy atom. The Kier molecular flexibility index (Phi) is 31.2. The van der Waals surface area contributed by atoms with E-state index in [4.69, 9.17) is 18.9 Å². The smallest absolute Gasteiger partial charge is 0.306 e. The first-order valence-corrected chi connectivity index (χ1v) is 20.6. The first kappa shape index (κ1) is 46.2. The van der Waals surface area contributed by atoms with E-state index in [1.165, 1.54) is 135 Å². The molecular formula is C40H78O9. The summed E-state index contributed by atoms with van der Waals surface area (Å²) in [6, 6.07) is 0. The van der Waals surface area contributed by atoms with Crippen LogP contribution in [0, 0.1) is 0 Å². The molecule has 0 aromatic rings. The minimum absolute atomic E-state index is 0.107. The molecule has 1 fully saturated rings. The van der Waals surface area contributed by atoms with Crippen LogP contribution in [0.5, 0.6) is 0 Å². The molecule has 6 atom stereocenters. The van der Waals surface area contributed by atoms with Gasteiger partial charge in [-0.15, -0.1) is 0 Å². The lowest BCUT2D eigenvalue weighted by molar-refractivity contribution is -0.305. The van der Waals surface area contributed by atoms with E-state index in [1.54, 1.807) is 0 Å². The Morgan fingerprint density at radius 1 is 0.571 bits per heavy atom. The molecule has 0 aliphatic carbocycles. The molecule has 1 rings (SSSR count). The van der Waals surface area contributed by atoms with Gasteiger partial charge in [0.2, 0.25) is 0 Å². The maximum atomic E-state index is 12.6. The number of hydrogen-bond acceptors (Lipinski definition) is 9. The van der Waals surface area contributed by atoms with Crippen LogP contribution in [0.3, 0.4) is 0 Å². The summed E-state index contributed by atoms with van der Waals surface area (Å²) in [5, 5.41) is 39.8. The van der Waals surface area contributed by atoms with Gasteiger partial charge in [0.25, 0.3) is 0 Å². The number of carbonyl (C=O) groups is 1. The maximum Gasteiger partial charge on any atom is 0.306 e. The van der Waals surface area contributed by atoms with Crippen molar-refractivity contribution in [3.05, 3.63) is 0 Å². The predicted molar refractivity (Wildman–Crippen MR) is 196 cm³/mol. The van der Waals surface area contributed by atoms with Crippen molar-refractivity contribution in [2.75, 3.05) is 26.4 Å². The molecule has 4 N–H and O–H groups in total. The highest BCUT2D eigenvalue weighted by molar-refractivity contribution is 5.69. The van der Waals surface area contributed by atoms with Gasteiger partial charge in [-0.2, -0.15) is 0 Å². The summed E-state index contributed by atoms with van der Waals surface area (Å²) < 4.78 is 22.6. The molecule has 0 aromatic carbocycles. The second-order valence-corrected chi connectivity index (χ2v) is 14.5. The van der Waals surface area contributed by atoms with E-state index in [0.717, 1.165) is 32.1 Å². The van der Waals surface area contributed by atoms with Crippen molar-refractivity contribution in [2.45, 2.75) is 224 Å². The van der Waals surface area contributed by atoms with Crippen molar-refractivity contribution in [3.8, 4) is 0 Å². The van der Waals surface area contributed by atoms with Crippen LogP contribution < -0.4 is 0 Å². The van der Waals surface area contributed by atoms with E-state index in [1.807, 2.05) is 0 Å². The van der Waals surface area contributed by atoms with Crippen molar-refractivity contribution in [3.63, 3.8) is 0 Å². The van der Waals surface area contributed by atoms with E-state index < -0.39 is 43.4 Å². The topological polar surface area (TPSA) is 135 Å². The van der Waals surface area contributed by atoms with Gasteiger partial charge in [0.15, 0.2) is 6.29 Å². The Morgan fingerprint density at radius 2 is 1.00 bits per heavy atom. The fraction of sp³-hybridized carbons (Fsp3) is 0.975. The van der Waals surface area contributed by atoms with Crippen molar-refractivity contribution in [1.29, 1.82) is 0 Å². The first-order chi connectivity index (χ1) is 23.9. The number of rotatable bonds is 35. The Hall–Kier alpha value is -0.810. The third-order valence-electron chi connectivity index (χ3n) is 9.77. The zero-order chi connectivity index (χ0) is 35.8. The highest BCUT2D eigenvalue weighted by Crippen LogP contribution is 2.22. The van der Waals surface area contributed by atoms with Crippen LogP contribution in [-0.2, 0) is 23.7 Å². The van der Waals surface area contributed by atoms with Gasteiger partial charge in [-0.25, -0.2) is 0 Å². The summed E-state index contributed by atoms with van der Waals surface area (Å²) in [7, 11) is 0. The average molecular weight is 703 g/mol. The lowest BCUT2D eigenvalue weighted by Gasteiger charge is -2.39. The van der Waals surface area contributed by atoms with Gasteiger partial charge >= 0.3 is 5.97 Å². The van der Waals surface area contributed by atoms with Crippen LogP contribution in [0.15, 0.2) is 0 Å². The van der Waals surface area contributed by atoms with Gasteiger partial charge in [0, 0.05) is 13.0 Å². The van der Waals surface area contributed by atoms with Gasteiger partial charge < -0.3 is 39.4 Å². The molecule has 0 spiro atoms. The fourth-order valence-electron chi connectivity index (χ4n) is 6.49. The number of aliphatic hydroxyl groups excluding tert-OH is 4. The minimum atomic E-state index is -1.53. The van der Waals surface area contributed by atoms with E-state index in [-0.39, 0.29) is 19.2 Å². The molecule has 0 radical (unpaired) electrons. The first-order valence-electron chi connectivity index (χ1n) is 20.6. The van der Waals surface area contributed by atoms with Crippen molar-refractivity contribution < 1.29 is 44.2 Å². The number of esters is 1. The molecule has 0 saturated carbocycles. The van der Waals surface area contributed by atoms with Gasteiger partial charge in [0.05, 0.1) is 19.8 Å². The summed E-state index contributed by atoms with van der Waals surface area (Å²) in [6.45, 7) is 4.52. The summed E-state index contributed by atoms with van der Waals surface area (Å²) in [4.78, 5) is 12.6. The van der Waals surface area contributed by atoms with E-state index in [0.29, 0.717) is 13.0 Å². The van der Waals surface area contributed by atoms with E-state index >= 15 is 0 Å². The summed E-state index contributed by atoms with van der Waals surface area (Å²) in [5.74, 6) is -0.319. The van der Waals surface area contributed by atoms with Crippen LogP contribution in [0.1, 0.15) is 187 Å². The molecule has 0 amide bonds. The van der Waals surface area contributed by atoms with Crippen LogP contribution in [-0.4, -0.2) is 89.6 Å². The zero-order valence-corrected chi connectivity index (χ0v) is 31.7. The largest absolute Gasteiger partial charge is 0.457 e. The lowest BCUT2D eigenvalue weighted by Crippen LogP contribution is -2.59. The van der Waals surface area contributed by atoms with Crippen LogP contribution in [0.25, 0.3) is 0 Å². The molecular weight excluding hydrogens is 624 g/mol. The summed E-state index contributed by atoms with van der Waals surface area (Å²) in [5.41, 5.74) is 0. The van der Waals surface area contributed by atoms with E-state index in [2.05, 4.69) is 13.8 Å². The standard InChI is InChI=1S/C40H78O9/c1-3-5-7-9-11-12-13-14-15-16-17-18-19-20-21-22-23-24-26-28-30-46-32-34(48-36(42)29-27-25-10-8-6-4-2)33-47-40-39(45)38(44)37(43)35(31-41)49-40/h34-35,37-41,43-45H,3-33H2,1-2H3. The molecule has 9 heteroatoms. The van der Waals surface area contributed by atoms with Gasteiger partial charge in [-0.05, 0) is 12.8 Å². The van der Waals surface area contributed by atoms with Gasteiger partial charge in [-0.1, -0.05) is 168 Å².